The van der Waals surface area contributed by atoms with E-state index in [0.29, 0.717) is 0 Å². The van der Waals surface area contributed by atoms with Crippen LogP contribution in [0, 0.1) is 12.7 Å². The molecule has 0 aromatic heterocycles. The molecule has 0 saturated heterocycles. The molecule has 2 aromatic carbocycles. The van der Waals surface area contributed by atoms with E-state index >= 15 is 0 Å². The normalized spacial score (nSPS) is 13.8. The lowest BCUT2D eigenvalue weighted by Gasteiger charge is -2.22. The van der Waals surface area contributed by atoms with Crippen LogP contribution in [0.1, 0.15) is 11.1 Å². The molecule has 0 saturated carbocycles. The average Bonchev–Trinajstić information content (AvgIpc) is 2.75. The highest BCUT2D eigenvalue weighted by Gasteiger charge is 2.22. The summed E-state index contributed by atoms with van der Waals surface area (Å²) in [5.74, 6) is -0.202. The van der Waals surface area contributed by atoms with E-state index in [-0.39, 0.29) is 5.82 Å². The Morgan fingerprint density at radius 2 is 1.94 bits per heavy atom. The summed E-state index contributed by atoms with van der Waals surface area (Å²) in [7, 11) is 0. The smallest absolute Gasteiger partial charge is 0.125 e. The minimum Gasteiger partial charge on any atom is -0.397 e. The SMILES string of the molecule is Cc1ccc(N)c(N2CCc3ccc(F)cc32)c1. The first-order valence-electron chi connectivity index (χ1n) is 6.07. The van der Waals surface area contributed by atoms with Crippen molar-refractivity contribution in [1.29, 1.82) is 0 Å². The number of rotatable bonds is 1. The van der Waals surface area contributed by atoms with Gasteiger partial charge >= 0.3 is 0 Å². The topological polar surface area (TPSA) is 29.3 Å². The minimum atomic E-state index is -0.202. The van der Waals surface area contributed by atoms with E-state index in [1.165, 1.54) is 11.6 Å². The van der Waals surface area contributed by atoms with Crippen molar-refractivity contribution in [3.63, 3.8) is 0 Å². The van der Waals surface area contributed by atoms with Gasteiger partial charge in [-0.05, 0) is 48.7 Å². The monoisotopic (exact) mass is 242 g/mol. The number of anilines is 3. The van der Waals surface area contributed by atoms with E-state index in [2.05, 4.69) is 11.0 Å². The zero-order valence-corrected chi connectivity index (χ0v) is 10.3. The summed E-state index contributed by atoms with van der Waals surface area (Å²) in [4.78, 5) is 2.10. The lowest BCUT2D eigenvalue weighted by atomic mass is 10.1. The summed E-state index contributed by atoms with van der Waals surface area (Å²) in [6, 6.07) is 10.9. The van der Waals surface area contributed by atoms with Gasteiger partial charge < -0.3 is 10.6 Å². The lowest BCUT2D eigenvalue weighted by Crippen LogP contribution is -2.15. The molecule has 2 aromatic rings. The standard InChI is InChI=1S/C15H15FN2/c1-10-2-5-13(17)15(8-10)18-7-6-11-3-4-12(16)9-14(11)18/h2-5,8-9H,6-7,17H2,1H3. The first-order chi connectivity index (χ1) is 8.65. The molecule has 0 fully saturated rings. The molecule has 3 heteroatoms. The Morgan fingerprint density at radius 3 is 2.78 bits per heavy atom. The fourth-order valence-electron chi connectivity index (χ4n) is 2.49. The van der Waals surface area contributed by atoms with Crippen molar-refractivity contribution in [2.75, 3.05) is 17.2 Å². The molecule has 0 bridgehead atoms. The van der Waals surface area contributed by atoms with Gasteiger partial charge in [0, 0.05) is 12.2 Å². The molecule has 2 nitrogen and oxygen atoms in total. The molecule has 1 aliphatic heterocycles. The van der Waals surface area contributed by atoms with Crippen molar-refractivity contribution < 1.29 is 4.39 Å². The number of hydrogen-bond donors (Lipinski definition) is 1. The number of nitrogens with two attached hydrogens (primary N) is 1. The van der Waals surface area contributed by atoms with Crippen LogP contribution in [0.2, 0.25) is 0 Å². The molecule has 3 rings (SSSR count). The Morgan fingerprint density at radius 1 is 1.11 bits per heavy atom. The van der Waals surface area contributed by atoms with Crippen molar-refractivity contribution in [3.05, 3.63) is 53.3 Å². The van der Waals surface area contributed by atoms with Gasteiger partial charge in [-0.15, -0.1) is 0 Å². The van der Waals surface area contributed by atoms with E-state index in [1.54, 1.807) is 6.07 Å². The molecule has 0 spiro atoms. The average molecular weight is 242 g/mol. The third kappa shape index (κ3) is 1.72. The van der Waals surface area contributed by atoms with Crippen LogP contribution in [-0.4, -0.2) is 6.54 Å². The maximum Gasteiger partial charge on any atom is 0.125 e. The largest absolute Gasteiger partial charge is 0.397 e. The van der Waals surface area contributed by atoms with Crippen LogP contribution in [0.4, 0.5) is 21.5 Å². The highest BCUT2D eigenvalue weighted by Crippen LogP contribution is 2.38. The number of benzene rings is 2. The van der Waals surface area contributed by atoms with Crippen LogP contribution >= 0.6 is 0 Å². The van der Waals surface area contributed by atoms with Gasteiger partial charge in [-0.1, -0.05) is 12.1 Å². The van der Waals surface area contributed by atoms with Crippen LogP contribution in [0.3, 0.4) is 0 Å². The number of fused-ring (bicyclic) bond motifs is 1. The first kappa shape index (κ1) is 11.1. The van der Waals surface area contributed by atoms with Crippen molar-refractivity contribution in [3.8, 4) is 0 Å². The Balaban J connectivity index is 2.11. The molecule has 2 N–H and O–H groups in total. The third-order valence-corrected chi connectivity index (χ3v) is 3.42. The van der Waals surface area contributed by atoms with Gasteiger partial charge in [-0.25, -0.2) is 4.39 Å². The van der Waals surface area contributed by atoms with E-state index in [1.807, 2.05) is 25.1 Å². The number of halogens is 1. The van der Waals surface area contributed by atoms with Gasteiger partial charge in [0.25, 0.3) is 0 Å². The van der Waals surface area contributed by atoms with Crippen LogP contribution < -0.4 is 10.6 Å². The molecule has 92 valence electrons. The summed E-state index contributed by atoms with van der Waals surface area (Å²) in [5, 5.41) is 0. The van der Waals surface area contributed by atoms with Crippen molar-refractivity contribution in [1.82, 2.24) is 0 Å². The fourth-order valence-corrected chi connectivity index (χ4v) is 2.49. The number of aryl methyl sites for hydroxylation is 1. The summed E-state index contributed by atoms with van der Waals surface area (Å²) in [5.41, 5.74) is 11.0. The summed E-state index contributed by atoms with van der Waals surface area (Å²) in [6.07, 6.45) is 0.934. The van der Waals surface area contributed by atoms with Crippen molar-refractivity contribution >= 4 is 17.1 Å². The van der Waals surface area contributed by atoms with Gasteiger partial charge in [0.05, 0.1) is 11.4 Å². The predicted molar refractivity (Wildman–Crippen MR) is 72.7 cm³/mol. The highest BCUT2D eigenvalue weighted by atomic mass is 19.1. The van der Waals surface area contributed by atoms with Crippen LogP contribution in [0.5, 0.6) is 0 Å². The molecule has 0 aliphatic carbocycles. The van der Waals surface area contributed by atoms with E-state index in [9.17, 15) is 4.39 Å². The Hall–Kier alpha value is -2.03. The van der Waals surface area contributed by atoms with E-state index in [4.69, 9.17) is 5.73 Å². The van der Waals surface area contributed by atoms with E-state index < -0.39 is 0 Å². The first-order valence-corrected chi connectivity index (χ1v) is 6.07. The molecule has 18 heavy (non-hydrogen) atoms. The minimum absolute atomic E-state index is 0.202. The Labute approximate surface area is 106 Å². The van der Waals surface area contributed by atoms with Gasteiger partial charge in [0.15, 0.2) is 0 Å². The molecule has 0 radical (unpaired) electrons. The van der Waals surface area contributed by atoms with E-state index in [0.717, 1.165) is 35.6 Å². The van der Waals surface area contributed by atoms with Gasteiger partial charge in [0.1, 0.15) is 5.82 Å². The second kappa shape index (κ2) is 4.02. The number of nitrogens with zero attached hydrogens (tertiary/aromatic N) is 1. The zero-order valence-electron chi connectivity index (χ0n) is 10.3. The molecule has 1 heterocycles. The Bertz CT molecular complexity index is 607. The van der Waals surface area contributed by atoms with Crippen molar-refractivity contribution in [2.45, 2.75) is 13.3 Å². The second-order valence-electron chi connectivity index (χ2n) is 4.74. The van der Waals surface area contributed by atoms with Gasteiger partial charge in [-0.3, -0.25) is 0 Å². The lowest BCUT2D eigenvalue weighted by molar-refractivity contribution is 0.628. The zero-order chi connectivity index (χ0) is 12.7. The molecule has 0 unspecified atom stereocenters. The quantitative estimate of drug-likeness (QED) is 0.776. The van der Waals surface area contributed by atoms with Crippen LogP contribution in [0.25, 0.3) is 0 Å². The second-order valence-corrected chi connectivity index (χ2v) is 4.74. The maximum absolute atomic E-state index is 13.4. The predicted octanol–water partition coefficient (Wildman–Crippen LogP) is 3.41. The van der Waals surface area contributed by atoms with Crippen molar-refractivity contribution in [2.24, 2.45) is 0 Å². The fraction of sp³-hybridized carbons (Fsp3) is 0.200. The van der Waals surface area contributed by atoms with Gasteiger partial charge in [0.2, 0.25) is 0 Å². The summed E-state index contributed by atoms with van der Waals surface area (Å²) >= 11 is 0. The summed E-state index contributed by atoms with van der Waals surface area (Å²) < 4.78 is 13.4. The third-order valence-electron chi connectivity index (χ3n) is 3.42. The molecule has 0 amide bonds. The summed E-state index contributed by atoms with van der Waals surface area (Å²) in [6.45, 7) is 2.89. The van der Waals surface area contributed by atoms with Gasteiger partial charge in [-0.2, -0.15) is 0 Å². The number of hydrogen-bond acceptors (Lipinski definition) is 2. The maximum atomic E-state index is 13.4. The highest BCUT2D eigenvalue weighted by molar-refractivity contribution is 5.78. The molecule has 1 aliphatic rings. The number of nitrogen functional groups attached to an aromatic ring is 1. The molecule has 0 atom stereocenters. The van der Waals surface area contributed by atoms with Crippen LogP contribution in [-0.2, 0) is 6.42 Å². The Kier molecular flexibility index (Phi) is 2.47. The molecular weight excluding hydrogens is 227 g/mol. The van der Waals surface area contributed by atoms with Crippen LogP contribution in [0.15, 0.2) is 36.4 Å². The molecular formula is C15H15FN2.